The minimum absolute atomic E-state index is 0.0485. The average molecular weight is 395 g/mol. The number of ketones is 1. The number of hydrogen-bond donors (Lipinski definition) is 0. The van der Waals surface area contributed by atoms with E-state index in [0.717, 1.165) is 17.5 Å². The van der Waals surface area contributed by atoms with Gasteiger partial charge in [-0.1, -0.05) is 69.3 Å². The number of carbonyl (C=O) groups is 1. The second-order valence-electron chi connectivity index (χ2n) is 7.99. The fourth-order valence-corrected chi connectivity index (χ4v) is 5.03. The number of carbonyl (C=O) groups excluding carboxylic acids is 1. The second-order valence-corrected chi connectivity index (χ2v) is 11.5. The maximum atomic E-state index is 12.5. The molecule has 0 N–H and O–H groups in total. The fourth-order valence-electron chi connectivity index (χ4n) is 2.90. The predicted octanol–water partition coefficient (Wildman–Crippen LogP) is 7.14. The Balaban J connectivity index is 1.65. The summed E-state index contributed by atoms with van der Waals surface area (Å²) in [6.45, 7) is 9.00. The molecular formula is C24H26OS2. The van der Waals surface area contributed by atoms with Crippen molar-refractivity contribution in [3.05, 3.63) is 88.9 Å². The third-order valence-electron chi connectivity index (χ3n) is 4.24. The Hall–Kier alpha value is -1.71. The highest BCUT2D eigenvalue weighted by molar-refractivity contribution is 8.04. The Kier molecular flexibility index (Phi) is 6.02. The van der Waals surface area contributed by atoms with E-state index >= 15 is 0 Å². The van der Waals surface area contributed by atoms with E-state index in [1.165, 1.54) is 9.80 Å². The maximum absolute atomic E-state index is 12.5. The van der Waals surface area contributed by atoms with Gasteiger partial charge in [-0.05, 0) is 37.6 Å². The summed E-state index contributed by atoms with van der Waals surface area (Å²) in [5.41, 5.74) is 1.47. The van der Waals surface area contributed by atoms with Gasteiger partial charge < -0.3 is 0 Å². The van der Waals surface area contributed by atoms with Gasteiger partial charge in [0.25, 0.3) is 0 Å². The van der Waals surface area contributed by atoms with Crippen molar-refractivity contribution in [2.75, 3.05) is 0 Å². The van der Waals surface area contributed by atoms with Crippen LogP contribution in [-0.2, 0) is 0 Å². The van der Waals surface area contributed by atoms with E-state index < -0.39 is 0 Å². The number of allylic oxidation sites excluding steroid dienone is 2. The Morgan fingerprint density at radius 3 is 2.15 bits per heavy atom. The van der Waals surface area contributed by atoms with Gasteiger partial charge >= 0.3 is 0 Å². The lowest BCUT2D eigenvalue weighted by Gasteiger charge is -2.29. The molecule has 0 heterocycles. The molecule has 0 radical (unpaired) electrons. The first-order chi connectivity index (χ1) is 12.7. The first kappa shape index (κ1) is 20.0. The molecule has 0 aliphatic heterocycles. The molecule has 1 atom stereocenters. The molecule has 1 aliphatic rings. The van der Waals surface area contributed by atoms with Crippen LogP contribution < -0.4 is 0 Å². The molecule has 1 unspecified atom stereocenters. The first-order valence-corrected chi connectivity index (χ1v) is 10.8. The van der Waals surface area contributed by atoms with Crippen LogP contribution in [0.25, 0.3) is 0 Å². The van der Waals surface area contributed by atoms with Crippen LogP contribution in [0, 0.1) is 0 Å². The van der Waals surface area contributed by atoms with Crippen LogP contribution in [0.4, 0.5) is 0 Å². The van der Waals surface area contributed by atoms with E-state index in [4.69, 9.17) is 0 Å². The summed E-state index contributed by atoms with van der Waals surface area (Å²) in [4.78, 5) is 15.1. The first-order valence-electron chi connectivity index (χ1n) is 9.21. The van der Waals surface area contributed by atoms with E-state index in [-0.39, 0.29) is 15.3 Å². The van der Waals surface area contributed by atoms with Gasteiger partial charge in [-0.2, -0.15) is 0 Å². The molecule has 0 fully saturated rings. The van der Waals surface area contributed by atoms with Gasteiger partial charge in [0.1, 0.15) is 0 Å². The molecule has 0 spiro atoms. The molecule has 0 aromatic heterocycles. The van der Waals surface area contributed by atoms with Crippen LogP contribution in [0.3, 0.4) is 0 Å². The highest BCUT2D eigenvalue weighted by Crippen LogP contribution is 2.42. The van der Waals surface area contributed by atoms with Gasteiger partial charge in [-0.25, -0.2) is 0 Å². The van der Waals surface area contributed by atoms with Gasteiger partial charge in [0, 0.05) is 30.4 Å². The Morgan fingerprint density at radius 2 is 1.59 bits per heavy atom. The highest BCUT2D eigenvalue weighted by atomic mass is 32.2. The lowest BCUT2D eigenvalue weighted by atomic mass is 10.0. The van der Waals surface area contributed by atoms with Gasteiger partial charge in [0.05, 0.1) is 0 Å². The molecule has 2 aromatic rings. The molecule has 27 heavy (non-hydrogen) atoms. The van der Waals surface area contributed by atoms with Gasteiger partial charge in [0.15, 0.2) is 5.78 Å². The summed E-state index contributed by atoms with van der Waals surface area (Å²) < 4.78 is 0.283. The molecule has 3 heteroatoms. The number of hydrogen-bond acceptors (Lipinski definition) is 3. The van der Waals surface area contributed by atoms with E-state index in [1.54, 1.807) is 0 Å². The van der Waals surface area contributed by atoms with Crippen LogP contribution in [0.1, 0.15) is 50.0 Å². The smallest absolute Gasteiger partial charge is 0.193 e. The van der Waals surface area contributed by atoms with Crippen LogP contribution in [-0.4, -0.2) is 15.3 Å². The molecule has 1 aliphatic carbocycles. The average Bonchev–Trinajstić information content (AvgIpc) is 2.63. The molecule has 0 bridgehead atoms. The second kappa shape index (κ2) is 8.12. The van der Waals surface area contributed by atoms with Gasteiger partial charge in [-0.3, -0.25) is 4.79 Å². The highest BCUT2D eigenvalue weighted by Gasteiger charge is 2.25. The molecule has 3 rings (SSSR count). The number of benzene rings is 2. The summed E-state index contributed by atoms with van der Waals surface area (Å²) in [5.74, 6) is 0.0719. The molecule has 0 saturated carbocycles. The van der Waals surface area contributed by atoms with Crippen LogP contribution in [0.5, 0.6) is 0 Å². The van der Waals surface area contributed by atoms with Crippen LogP contribution in [0.15, 0.2) is 82.6 Å². The summed E-state index contributed by atoms with van der Waals surface area (Å²) in [6, 6.07) is 17.4. The zero-order chi connectivity index (χ0) is 19.5. The molecule has 2 aromatic carbocycles. The maximum Gasteiger partial charge on any atom is 0.193 e. The van der Waals surface area contributed by atoms with Crippen LogP contribution >= 0.6 is 23.5 Å². The third kappa shape index (κ3) is 5.63. The van der Waals surface area contributed by atoms with E-state index in [0.29, 0.717) is 0 Å². The Bertz CT molecular complexity index is 858. The van der Waals surface area contributed by atoms with Gasteiger partial charge in [-0.15, -0.1) is 23.5 Å². The molecule has 0 saturated heterocycles. The van der Waals surface area contributed by atoms with Crippen molar-refractivity contribution in [2.45, 2.75) is 48.5 Å². The largest absolute Gasteiger partial charge is 0.289 e. The van der Waals surface area contributed by atoms with E-state index in [9.17, 15) is 4.79 Å². The summed E-state index contributed by atoms with van der Waals surface area (Å²) in [7, 11) is 0. The zero-order valence-corrected chi connectivity index (χ0v) is 18.0. The quantitative estimate of drug-likeness (QED) is 0.501. The van der Waals surface area contributed by atoms with E-state index in [1.807, 2.05) is 66.0 Å². The Morgan fingerprint density at radius 1 is 0.963 bits per heavy atom. The standard InChI is InChI=1S/C24H26OS2/c1-23(2,3)26-21-14-16-24(4,17-15-21)27-20-12-10-19(11-13-20)22(25)18-8-6-5-7-9-18/h5-16H,17H2,1-4H3. The molecular weight excluding hydrogens is 368 g/mol. The minimum atomic E-state index is 0.0485. The van der Waals surface area contributed by atoms with Crippen molar-refractivity contribution < 1.29 is 4.79 Å². The van der Waals surface area contributed by atoms with E-state index in [2.05, 4.69) is 58.1 Å². The zero-order valence-electron chi connectivity index (χ0n) is 16.4. The van der Waals surface area contributed by atoms with Crippen molar-refractivity contribution in [3.63, 3.8) is 0 Å². The summed E-state index contributed by atoms with van der Waals surface area (Å²) in [6.07, 6.45) is 7.92. The Labute approximate surface area is 171 Å². The summed E-state index contributed by atoms with van der Waals surface area (Å²) in [5, 5.41) is 0. The SMILES string of the molecule is CC(C)(C)SC1=CCC(C)(Sc2ccc(C(=O)c3ccccc3)cc2)C=C1. The lowest BCUT2D eigenvalue weighted by molar-refractivity contribution is 0.103. The number of rotatable bonds is 5. The van der Waals surface area contributed by atoms with Crippen LogP contribution in [0.2, 0.25) is 0 Å². The van der Waals surface area contributed by atoms with Crippen molar-refractivity contribution in [1.29, 1.82) is 0 Å². The van der Waals surface area contributed by atoms with Gasteiger partial charge in [0.2, 0.25) is 0 Å². The monoisotopic (exact) mass is 394 g/mol. The van der Waals surface area contributed by atoms with Crippen molar-refractivity contribution in [3.8, 4) is 0 Å². The topological polar surface area (TPSA) is 17.1 Å². The minimum Gasteiger partial charge on any atom is -0.289 e. The predicted molar refractivity (Wildman–Crippen MR) is 120 cm³/mol. The fraction of sp³-hybridized carbons (Fsp3) is 0.292. The normalized spacial score (nSPS) is 19.6. The number of thioether (sulfide) groups is 2. The van der Waals surface area contributed by atoms with Crippen molar-refractivity contribution >= 4 is 29.3 Å². The van der Waals surface area contributed by atoms with Crippen molar-refractivity contribution in [2.24, 2.45) is 0 Å². The summed E-state index contributed by atoms with van der Waals surface area (Å²) >= 11 is 3.77. The molecule has 1 nitrogen and oxygen atoms in total. The third-order valence-corrected chi connectivity index (χ3v) is 6.66. The molecule has 140 valence electrons. The lowest BCUT2D eigenvalue weighted by Crippen LogP contribution is -2.18. The van der Waals surface area contributed by atoms with Crippen molar-refractivity contribution in [1.82, 2.24) is 0 Å². The molecule has 0 amide bonds.